The molecule has 0 aliphatic rings. The maximum atomic E-state index is 12.0. The molecular formula is C19H20N6O2. The number of nitrogens with one attached hydrogen (secondary N) is 3. The van der Waals surface area contributed by atoms with Crippen molar-refractivity contribution in [2.75, 3.05) is 17.2 Å². The first-order valence-electron chi connectivity index (χ1n) is 8.41. The van der Waals surface area contributed by atoms with Crippen molar-refractivity contribution in [1.29, 1.82) is 0 Å². The third-order valence-corrected chi connectivity index (χ3v) is 3.73. The molecule has 138 valence electrons. The molecule has 0 unspecified atom stereocenters. The monoisotopic (exact) mass is 364 g/mol. The standard InChI is InChI=1S/C19H20N6O2/c1-14-3-2-4-17(9-14)24-19(27)21-10-18(26)23-16-7-5-15(6-8-16)11-25-13-20-12-22-25/h2-9,12-13H,10-11H2,1H3,(H,23,26)(H2,21,24,27). The molecule has 1 heterocycles. The highest BCUT2D eigenvalue weighted by molar-refractivity contribution is 5.96. The molecule has 3 amide bonds. The summed E-state index contributed by atoms with van der Waals surface area (Å²) in [6.07, 6.45) is 3.12. The van der Waals surface area contributed by atoms with Crippen molar-refractivity contribution >= 4 is 23.3 Å². The van der Waals surface area contributed by atoms with Gasteiger partial charge in [-0.3, -0.25) is 4.79 Å². The van der Waals surface area contributed by atoms with Crippen molar-refractivity contribution in [3.8, 4) is 0 Å². The number of rotatable bonds is 6. The Labute approximate surface area is 156 Å². The van der Waals surface area contributed by atoms with Gasteiger partial charge in [0, 0.05) is 11.4 Å². The second-order valence-electron chi connectivity index (χ2n) is 6.02. The zero-order chi connectivity index (χ0) is 19.1. The van der Waals surface area contributed by atoms with E-state index in [0.29, 0.717) is 17.9 Å². The number of benzene rings is 2. The highest BCUT2D eigenvalue weighted by atomic mass is 16.2. The summed E-state index contributed by atoms with van der Waals surface area (Å²) in [5, 5.41) is 12.0. The van der Waals surface area contributed by atoms with Gasteiger partial charge in [0.25, 0.3) is 0 Å². The molecule has 0 aliphatic carbocycles. The van der Waals surface area contributed by atoms with Crippen LogP contribution in [0.3, 0.4) is 0 Å². The number of amides is 3. The average molecular weight is 364 g/mol. The van der Waals surface area contributed by atoms with Crippen LogP contribution in [0.1, 0.15) is 11.1 Å². The second kappa shape index (κ2) is 8.61. The molecule has 0 saturated carbocycles. The Bertz CT molecular complexity index is 906. The van der Waals surface area contributed by atoms with Crippen LogP contribution in [0.2, 0.25) is 0 Å². The molecule has 3 aromatic rings. The summed E-state index contributed by atoms with van der Waals surface area (Å²) < 4.78 is 1.71. The van der Waals surface area contributed by atoms with Crippen LogP contribution in [0.15, 0.2) is 61.2 Å². The van der Waals surface area contributed by atoms with E-state index in [1.165, 1.54) is 6.33 Å². The lowest BCUT2D eigenvalue weighted by molar-refractivity contribution is -0.115. The molecule has 0 spiro atoms. The molecule has 1 aromatic heterocycles. The number of urea groups is 1. The van der Waals surface area contributed by atoms with Gasteiger partial charge < -0.3 is 16.0 Å². The minimum Gasteiger partial charge on any atom is -0.329 e. The number of carbonyl (C=O) groups is 2. The summed E-state index contributed by atoms with van der Waals surface area (Å²) in [7, 11) is 0. The van der Waals surface area contributed by atoms with Gasteiger partial charge in [-0.15, -0.1) is 0 Å². The number of nitrogens with zero attached hydrogens (tertiary/aromatic N) is 3. The molecule has 0 fully saturated rings. The van der Waals surface area contributed by atoms with Crippen LogP contribution in [0, 0.1) is 6.92 Å². The van der Waals surface area contributed by atoms with Crippen molar-refractivity contribution in [2.24, 2.45) is 0 Å². The number of aryl methyl sites for hydroxylation is 1. The second-order valence-corrected chi connectivity index (χ2v) is 6.02. The van der Waals surface area contributed by atoms with Crippen LogP contribution in [0.5, 0.6) is 0 Å². The minimum atomic E-state index is -0.432. The SMILES string of the molecule is Cc1cccc(NC(=O)NCC(=O)Nc2ccc(Cn3cncn3)cc2)c1. The van der Waals surface area contributed by atoms with Crippen LogP contribution >= 0.6 is 0 Å². The van der Waals surface area contributed by atoms with Crippen LogP contribution in [-0.4, -0.2) is 33.2 Å². The van der Waals surface area contributed by atoms with Crippen molar-refractivity contribution < 1.29 is 9.59 Å². The van der Waals surface area contributed by atoms with E-state index in [1.807, 2.05) is 37.3 Å². The van der Waals surface area contributed by atoms with E-state index in [9.17, 15) is 9.59 Å². The Morgan fingerprint density at radius 1 is 1.04 bits per heavy atom. The predicted molar refractivity (Wildman–Crippen MR) is 102 cm³/mol. The molecule has 0 aliphatic heterocycles. The Morgan fingerprint density at radius 3 is 2.56 bits per heavy atom. The number of hydrogen-bond donors (Lipinski definition) is 3. The third-order valence-electron chi connectivity index (χ3n) is 3.73. The summed E-state index contributed by atoms with van der Waals surface area (Å²) in [5.41, 5.74) is 3.41. The third kappa shape index (κ3) is 5.67. The molecule has 3 rings (SSSR count). The van der Waals surface area contributed by atoms with Crippen molar-refractivity contribution in [3.63, 3.8) is 0 Å². The van der Waals surface area contributed by atoms with Gasteiger partial charge in [0.2, 0.25) is 5.91 Å². The van der Waals surface area contributed by atoms with Crippen LogP contribution < -0.4 is 16.0 Å². The van der Waals surface area contributed by atoms with E-state index in [2.05, 4.69) is 26.0 Å². The molecule has 0 bridgehead atoms. The summed E-state index contributed by atoms with van der Waals surface area (Å²) in [6.45, 7) is 2.42. The van der Waals surface area contributed by atoms with Crippen molar-refractivity contribution in [1.82, 2.24) is 20.1 Å². The summed E-state index contributed by atoms with van der Waals surface area (Å²) in [5.74, 6) is -0.307. The molecule has 8 heteroatoms. The molecule has 8 nitrogen and oxygen atoms in total. The zero-order valence-corrected chi connectivity index (χ0v) is 14.8. The Balaban J connectivity index is 1.44. The number of hydrogen-bond acceptors (Lipinski definition) is 4. The number of carbonyl (C=O) groups excluding carboxylic acids is 2. The van der Waals surface area contributed by atoms with Gasteiger partial charge in [-0.05, 0) is 42.3 Å². The lowest BCUT2D eigenvalue weighted by atomic mass is 10.2. The fraction of sp³-hybridized carbons (Fsp3) is 0.158. The highest BCUT2D eigenvalue weighted by Gasteiger charge is 2.06. The molecule has 0 saturated heterocycles. The Morgan fingerprint density at radius 2 is 1.85 bits per heavy atom. The first kappa shape index (κ1) is 18.1. The number of anilines is 2. The molecule has 0 radical (unpaired) electrons. The molecule has 2 aromatic carbocycles. The minimum absolute atomic E-state index is 0.127. The van der Waals surface area contributed by atoms with Crippen molar-refractivity contribution in [2.45, 2.75) is 13.5 Å². The van der Waals surface area contributed by atoms with Gasteiger partial charge in [-0.2, -0.15) is 5.10 Å². The van der Waals surface area contributed by atoms with Gasteiger partial charge in [0.15, 0.2) is 0 Å². The number of aromatic nitrogens is 3. The quantitative estimate of drug-likeness (QED) is 0.625. The largest absolute Gasteiger partial charge is 0.329 e. The average Bonchev–Trinajstić information content (AvgIpc) is 3.15. The highest BCUT2D eigenvalue weighted by Crippen LogP contribution is 2.11. The van der Waals surface area contributed by atoms with Gasteiger partial charge in [-0.25, -0.2) is 14.5 Å². The first-order chi connectivity index (χ1) is 13.1. The van der Waals surface area contributed by atoms with E-state index in [1.54, 1.807) is 29.2 Å². The van der Waals surface area contributed by atoms with Crippen LogP contribution in [-0.2, 0) is 11.3 Å². The Kier molecular flexibility index (Phi) is 5.78. The van der Waals surface area contributed by atoms with E-state index in [4.69, 9.17) is 0 Å². The summed E-state index contributed by atoms with van der Waals surface area (Å²) in [6, 6.07) is 14.4. The molecule has 27 heavy (non-hydrogen) atoms. The fourth-order valence-electron chi connectivity index (χ4n) is 2.46. The van der Waals surface area contributed by atoms with Crippen LogP contribution in [0.25, 0.3) is 0 Å². The van der Waals surface area contributed by atoms with E-state index >= 15 is 0 Å². The zero-order valence-electron chi connectivity index (χ0n) is 14.8. The van der Waals surface area contributed by atoms with Crippen molar-refractivity contribution in [3.05, 3.63) is 72.3 Å². The van der Waals surface area contributed by atoms with E-state index in [0.717, 1.165) is 11.1 Å². The fourth-order valence-corrected chi connectivity index (χ4v) is 2.46. The summed E-state index contributed by atoms with van der Waals surface area (Å²) in [4.78, 5) is 27.7. The predicted octanol–water partition coefficient (Wildman–Crippen LogP) is 2.40. The maximum absolute atomic E-state index is 12.0. The normalized spacial score (nSPS) is 10.3. The van der Waals surface area contributed by atoms with Gasteiger partial charge in [-0.1, -0.05) is 24.3 Å². The lowest BCUT2D eigenvalue weighted by Crippen LogP contribution is -2.35. The topological polar surface area (TPSA) is 101 Å². The molecular weight excluding hydrogens is 344 g/mol. The Hall–Kier alpha value is -3.68. The van der Waals surface area contributed by atoms with Gasteiger partial charge in [0.1, 0.15) is 12.7 Å². The smallest absolute Gasteiger partial charge is 0.319 e. The molecule has 3 N–H and O–H groups in total. The summed E-state index contributed by atoms with van der Waals surface area (Å²) >= 11 is 0. The molecule has 0 atom stereocenters. The van der Waals surface area contributed by atoms with Gasteiger partial charge >= 0.3 is 6.03 Å². The maximum Gasteiger partial charge on any atom is 0.319 e. The van der Waals surface area contributed by atoms with Gasteiger partial charge in [0.05, 0.1) is 13.1 Å². The first-order valence-corrected chi connectivity index (χ1v) is 8.41. The van der Waals surface area contributed by atoms with E-state index in [-0.39, 0.29) is 12.5 Å². The lowest BCUT2D eigenvalue weighted by Gasteiger charge is -2.09. The van der Waals surface area contributed by atoms with Crippen LogP contribution in [0.4, 0.5) is 16.2 Å². The van der Waals surface area contributed by atoms with E-state index < -0.39 is 6.03 Å².